The van der Waals surface area contributed by atoms with E-state index in [0.29, 0.717) is 29.7 Å². The van der Waals surface area contributed by atoms with Gasteiger partial charge in [0.2, 0.25) is 0 Å². The molecule has 0 saturated heterocycles. The van der Waals surface area contributed by atoms with Gasteiger partial charge >= 0.3 is 6.03 Å². The van der Waals surface area contributed by atoms with E-state index in [-0.39, 0.29) is 23.8 Å². The van der Waals surface area contributed by atoms with Gasteiger partial charge in [0, 0.05) is 17.7 Å². The molecule has 4 nitrogen and oxygen atoms in total. The Kier molecular flexibility index (Phi) is 5.43. The molecule has 5 atom stereocenters. The number of nitrogens with one attached hydrogen (secondary N) is 1. The summed E-state index contributed by atoms with van der Waals surface area (Å²) in [5, 5.41) is 9.53. The van der Waals surface area contributed by atoms with Crippen molar-refractivity contribution in [1.82, 2.24) is 10.3 Å². The third-order valence-corrected chi connectivity index (χ3v) is 7.94. The molecule has 3 saturated carbocycles. The van der Waals surface area contributed by atoms with Crippen LogP contribution in [0.2, 0.25) is 0 Å². The standard InChI is InChI=1S/C24H34FN3O/c1-5-6-10-21-19(16-8-7-9-18(25)11-16)14-28(27-21)23(29)26-22-13-17-12-20(15(22)2)24(17,3)4/h7-9,11,15,17,19-20,22H,5-6,10,12-14H2,1-4H3,(H,26,29)/t15-,17?,19?,20?,22-/m1/s1. The van der Waals surface area contributed by atoms with Crippen LogP contribution >= 0.6 is 0 Å². The minimum Gasteiger partial charge on any atom is -0.333 e. The number of benzene rings is 1. The van der Waals surface area contributed by atoms with Crippen LogP contribution in [0.4, 0.5) is 9.18 Å². The molecule has 1 heterocycles. The molecule has 1 aromatic rings. The molecular formula is C24H34FN3O. The van der Waals surface area contributed by atoms with Crippen molar-refractivity contribution in [2.75, 3.05) is 6.54 Å². The van der Waals surface area contributed by atoms with E-state index in [1.165, 1.54) is 12.5 Å². The van der Waals surface area contributed by atoms with E-state index in [9.17, 15) is 9.18 Å². The van der Waals surface area contributed by atoms with Crippen LogP contribution in [-0.2, 0) is 0 Å². The monoisotopic (exact) mass is 399 g/mol. The summed E-state index contributed by atoms with van der Waals surface area (Å²) >= 11 is 0. The number of hydrazone groups is 1. The number of halogens is 1. The maximum atomic E-state index is 13.8. The molecule has 1 aliphatic heterocycles. The Morgan fingerprint density at radius 2 is 2.14 bits per heavy atom. The molecule has 1 N–H and O–H groups in total. The van der Waals surface area contributed by atoms with Crippen molar-refractivity contribution in [3.8, 4) is 0 Å². The van der Waals surface area contributed by atoms with Gasteiger partial charge in [-0.05, 0) is 66.5 Å². The van der Waals surface area contributed by atoms with Crippen LogP contribution in [0.5, 0.6) is 0 Å². The lowest BCUT2D eigenvalue weighted by Gasteiger charge is -2.62. The number of hydrogen-bond acceptors (Lipinski definition) is 2. The predicted octanol–water partition coefficient (Wildman–Crippen LogP) is 5.55. The molecule has 0 spiro atoms. The summed E-state index contributed by atoms with van der Waals surface area (Å²) in [5.74, 6) is 1.63. The van der Waals surface area contributed by atoms with Gasteiger partial charge < -0.3 is 5.32 Å². The summed E-state index contributed by atoms with van der Waals surface area (Å²) in [7, 11) is 0. The van der Waals surface area contributed by atoms with Crippen LogP contribution in [0.25, 0.3) is 0 Å². The smallest absolute Gasteiger partial charge is 0.333 e. The first-order chi connectivity index (χ1) is 13.8. The Labute approximate surface area is 173 Å². The highest BCUT2D eigenvalue weighted by atomic mass is 19.1. The molecule has 5 rings (SSSR count). The van der Waals surface area contributed by atoms with Crippen molar-refractivity contribution in [1.29, 1.82) is 0 Å². The number of urea groups is 1. The molecular weight excluding hydrogens is 365 g/mol. The van der Waals surface area contributed by atoms with Gasteiger partial charge in [0.1, 0.15) is 5.82 Å². The van der Waals surface area contributed by atoms with Crippen LogP contribution < -0.4 is 5.32 Å². The number of carbonyl (C=O) groups excluding carboxylic acids is 1. The second kappa shape index (κ2) is 7.73. The summed E-state index contributed by atoms with van der Waals surface area (Å²) < 4.78 is 13.8. The lowest BCUT2D eigenvalue weighted by molar-refractivity contribution is -0.113. The summed E-state index contributed by atoms with van der Waals surface area (Å²) in [6.45, 7) is 9.66. The Bertz CT molecular complexity index is 805. The number of rotatable bonds is 5. The van der Waals surface area contributed by atoms with Crippen molar-refractivity contribution in [3.63, 3.8) is 0 Å². The molecule has 2 bridgehead atoms. The molecule has 2 amide bonds. The summed E-state index contributed by atoms with van der Waals surface area (Å²) in [6.07, 6.45) is 5.30. The van der Waals surface area contributed by atoms with Gasteiger partial charge in [0.25, 0.3) is 0 Å². The lowest BCUT2D eigenvalue weighted by atomic mass is 9.45. The Balaban J connectivity index is 1.45. The van der Waals surface area contributed by atoms with Crippen LogP contribution in [0.3, 0.4) is 0 Å². The second-order valence-electron chi connectivity index (χ2n) is 9.90. The number of amides is 2. The van der Waals surface area contributed by atoms with Gasteiger partial charge in [-0.3, -0.25) is 0 Å². The molecule has 3 aliphatic carbocycles. The van der Waals surface area contributed by atoms with Crippen LogP contribution in [0.15, 0.2) is 29.4 Å². The average Bonchev–Trinajstić information content (AvgIpc) is 3.11. The average molecular weight is 400 g/mol. The molecule has 3 unspecified atom stereocenters. The molecule has 0 radical (unpaired) electrons. The highest BCUT2D eigenvalue weighted by Gasteiger charge is 2.56. The quantitative estimate of drug-likeness (QED) is 0.693. The van der Waals surface area contributed by atoms with Gasteiger partial charge in [-0.1, -0.05) is 46.2 Å². The SMILES string of the molecule is CCCCC1=NN(C(=O)N[C@@H]2CC3CC([C@H]2C)C3(C)C)CC1c1cccc(F)c1. The van der Waals surface area contributed by atoms with Crippen LogP contribution in [0.1, 0.15) is 71.3 Å². The number of hydrogen-bond donors (Lipinski definition) is 1. The fourth-order valence-electron chi connectivity index (χ4n) is 5.85. The summed E-state index contributed by atoms with van der Waals surface area (Å²) in [4.78, 5) is 13.0. The van der Waals surface area contributed by atoms with E-state index in [0.717, 1.165) is 37.0 Å². The third kappa shape index (κ3) is 3.69. The zero-order valence-corrected chi connectivity index (χ0v) is 18.1. The van der Waals surface area contributed by atoms with Gasteiger partial charge in [0.15, 0.2) is 0 Å². The number of fused-ring (bicyclic) bond motifs is 2. The zero-order chi connectivity index (χ0) is 20.8. The Hall–Kier alpha value is -1.91. The minimum absolute atomic E-state index is 0.0147. The van der Waals surface area contributed by atoms with E-state index in [4.69, 9.17) is 0 Å². The molecule has 4 aliphatic rings. The summed E-state index contributed by atoms with van der Waals surface area (Å²) in [6, 6.07) is 6.84. The maximum absolute atomic E-state index is 13.8. The van der Waals surface area contributed by atoms with Crippen LogP contribution in [-0.4, -0.2) is 29.3 Å². The van der Waals surface area contributed by atoms with E-state index >= 15 is 0 Å². The molecule has 5 heteroatoms. The molecule has 3 fully saturated rings. The van der Waals surface area contributed by atoms with Crippen molar-refractivity contribution in [3.05, 3.63) is 35.6 Å². The van der Waals surface area contributed by atoms with Gasteiger partial charge in [-0.2, -0.15) is 5.10 Å². The van der Waals surface area contributed by atoms with Crippen molar-refractivity contribution < 1.29 is 9.18 Å². The fraction of sp³-hybridized carbons (Fsp3) is 0.667. The van der Waals surface area contributed by atoms with E-state index in [1.54, 1.807) is 17.1 Å². The Morgan fingerprint density at radius 1 is 1.34 bits per heavy atom. The van der Waals surface area contributed by atoms with Gasteiger partial charge in [0.05, 0.1) is 6.54 Å². The molecule has 1 aromatic carbocycles. The van der Waals surface area contributed by atoms with Crippen molar-refractivity contribution in [2.45, 2.75) is 71.8 Å². The van der Waals surface area contributed by atoms with Crippen molar-refractivity contribution >= 4 is 11.7 Å². The minimum atomic E-state index is -0.238. The highest BCUT2D eigenvalue weighted by molar-refractivity contribution is 5.94. The molecule has 158 valence electrons. The largest absolute Gasteiger partial charge is 0.338 e. The topological polar surface area (TPSA) is 44.7 Å². The number of nitrogens with zero attached hydrogens (tertiary/aromatic N) is 2. The Morgan fingerprint density at radius 3 is 2.79 bits per heavy atom. The van der Waals surface area contributed by atoms with E-state index < -0.39 is 0 Å². The van der Waals surface area contributed by atoms with Gasteiger partial charge in [-0.15, -0.1) is 0 Å². The first-order valence-electron chi connectivity index (χ1n) is 11.2. The highest BCUT2D eigenvalue weighted by Crippen LogP contribution is 2.61. The number of unbranched alkanes of at least 4 members (excludes halogenated alkanes) is 1. The normalized spacial score (nSPS) is 32.5. The van der Waals surface area contributed by atoms with E-state index in [1.807, 2.05) is 6.07 Å². The molecule has 0 aromatic heterocycles. The third-order valence-electron chi connectivity index (χ3n) is 7.94. The van der Waals surface area contributed by atoms with Crippen molar-refractivity contribution in [2.24, 2.45) is 28.3 Å². The fourth-order valence-corrected chi connectivity index (χ4v) is 5.85. The van der Waals surface area contributed by atoms with Crippen LogP contribution in [0, 0.1) is 29.0 Å². The zero-order valence-electron chi connectivity index (χ0n) is 18.1. The predicted molar refractivity (Wildman–Crippen MR) is 114 cm³/mol. The first-order valence-corrected chi connectivity index (χ1v) is 11.2. The molecule has 29 heavy (non-hydrogen) atoms. The summed E-state index contributed by atoms with van der Waals surface area (Å²) in [5.41, 5.74) is 2.31. The maximum Gasteiger partial charge on any atom is 0.338 e. The van der Waals surface area contributed by atoms with E-state index in [2.05, 4.69) is 38.1 Å². The first kappa shape index (κ1) is 20.4. The number of carbonyl (C=O) groups is 1. The van der Waals surface area contributed by atoms with Gasteiger partial charge in [-0.25, -0.2) is 14.2 Å². The lowest BCUT2D eigenvalue weighted by Crippen LogP contribution is -2.61. The second-order valence-corrected chi connectivity index (χ2v) is 9.90.